The molecule has 3 nitrogen and oxygen atoms in total. The van der Waals surface area contributed by atoms with E-state index in [1.165, 1.54) is 16.7 Å². The van der Waals surface area contributed by atoms with Gasteiger partial charge in [-0.15, -0.1) is 11.8 Å². The molecule has 0 saturated heterocycles. The number of halogens is 2. The smallest absolute Gasteiger partial charge is 0.237 e. The van der Waals surface area contributed by atoms with Crippen molar-refractivity contribution in [3.8, 4) is 0 Å². The maximum atomic E-state index is 13.4. The van der Waals surface area contributed by atoms with Crippen molar-refractivity contribution >= 4 is 40.9 Å². The normalized spacial score (nSPS) is 18.1. The summed E-state index contributed by atoms with van der Waals surface area (Å²) in [6.45, 7) is 5.46. The van der Waals surface area contributed by atoms with Crippen LogP contribution in [0.4, 0.5) is 0 Å². The highest BCUT2D eigenvalue weighted by Crippen LogP contribution is 2.53. The van der Waals surface area contributed by atoms with Crippen molar-refractivity contribution in [2.45, 2.75) is 62.1 Å². The average molecular weight is 646 g/mol. The molecule has 5 rings (SSSR count). The highest BCUT2D eigenvalue weighted by Gasteiger charge is 2.41. The number of amides is 1. The van der Waals surface area contributed by atoms with Gasteiger partial charge < -0.3 is 10.6 Å². The van der Waals surface area contributed by atoms with Crippen molar-refractivity contribution in [2.24, 2.45) is 11.8 Å². The first kappa shape index (κ1) is 32.6. The SMILES string of the molecule is CC[C@H](C)[C@H](NC[C@H]1CC[C@@H](SC(c2ccccc2)(c2ccccc2)c2ccccc2)C1)C(=O)NCc1cccc(Cl)c1Cl. The first-order valence-corrected chi connectivity index (χ1v) is 17.3. The third-order valence-electron chi connectivity index (χ3n) is 8.98. The van der Waals surface area contributed by atoms with Crippen LogP contribution in [0.2, 0.25) is 10.0 Å². The number of rotatable bonds is 13. The molecule has 0 bridgehead atoms. The molecule has 1 amide bonds. The Morgan fingerprint density at radius 1 is 0.841 bits per heavy atom. The van der Waals surface area contributed by atoms with E-state index >= 15 is 0 Å². The number of benzene rings is 4. The molecule has 0 radical (unpaired) electrons. The second kappa shape index (κ2) is 15.5. The fourth-order valence-corrected chi connectivity index (χ4v) is 8.68. The third-order valence-corrected chi connectivity index (χ3v) is 11.7. The lowest BCUT2D eigenvalue weighted by molar-refractivity contribution is -0.124. The molecular formula is C38H42Cl2N2OS. The summed E-state index contributed by atoms with van der Waals surface area (Å²) in [5, 5.41) is 8.26. The number of carbonyl (C=O) groups excluding carboxylic acids is 1. The van der Waals surface area contributed by atoms with Crippen LogP contribution in [0.25, 0.3) is 0 Å². The van der Waals surface area contributed by atoms with Gasteiger partial charge in [-0.1, -0.05) is 147 Å². The highest BCUT2D eigenvalue weighted by atomic mass is 35.5. The van der Waals surface area contributed by atoms with Gasteiger partial charge in [-0.05, 0) is 66.0 Å². The predicted octanol–water partition coefficient (Wildman–Crippen LogP) is 9.51. The molecule has 230 valence electrons. The van der Waals surface area contributed by atoms with Crippen LogP contribution in [0.3, 0.4) is 0 Å². The third kappa shape index (κ3) is 7.54. The molecule has 4 aromatic rings. The summed E-state index contributed by atoms with van der Waals surface area (Å²) in [6, 6.07) is 38.1. The van der Waals surface area contributed by atoms with Gasteiger partial charge in [-0.2, -0.15) is 0 Å². The fourth-order valence-electron chi connectivity index (χ4n) is 6.35. The Morgan fingerprint density at radius 2 is 1.41 bits per heavy atom. The van der Waals surface area contributed by atoms with E-state index in [1.807, 2.05) is 12.1 Å². The molecule has 0 unspecified atom stereocenters. The Labute approximate surface area is 277 Å². The summed E-state index contributed by atoms with van der Waals surface area (Å²) in [4.78, 5) is 13.4. The molecule has 1 saturated carbocycles. The molecule has 1 aliphatic rings. The van der Waals surface area contributed by atoms with Gasteiger partial charge in [0.1, 0.15) is 0 Å². The molecule has 0 heterocycles. The number of hydrogen-bond acceptors (Lipinski definition) is 3. The zero-order chi connectivity index (χ0) is 30.9. The van der Waals surface area contributed by atoms with E-state index < -0.39 is 0 Å². The van der Waals surface area contributed by atoms with Crippen molar-refractivity contribution in [2.75, 3.05) is 6.54 Å². The largest absolute Gasteiger partial charge is 0.351 e. The van der Waals surface area contributed by atoms with E-state index in [2.05, 4.69) is 127 Å². The van der Waals surface area contributed by atoms with Gasteiger partial charge >= 0.3 is 0 Å². The molecule has 44 heavy (non-hydrogen) atoms. The summed E-state index contributed by atoms with van der Waals surface area (Å²) >= 11 is 14.6. The molecule has 1 aliphatic carbocycles. The minimum Gasteiger partial charge on any atom is -0.351 e. The number of carbonyl (C=O) groups is 1. The number of hydrogen-bond donors (Lipinski definition) is 2. The Kier molecular flexibility index (Phi) is 11.5. The first-order valence-electron chi connectivity index (χ1n) is 15.7. The minimum atomic E-state index is -0.308. The topological polar surface area (TPSA) is 41.1 Å². The van der Waals surface area contributed by atoms with Gasteiger partial charge in [0.25, 0.3) is 0 Å². The van der Waals surface area contributed by atoms with Gasteiger partial charge in [0.05, 0.1) is 20.8 Å². The van der Waals surface area contributed by atoms with Gasteiger partial charge in [0.2, 0.25) is 5.91 Å². The van der Waals surface area contributed by atoms with Crippen molar-refractivity contribution in [3.63, 3.8) is 0 Å². The Hall–Kier alpha value is -2.76. The van der Waals surface area contributed by atoms with Gasteiger partial charge in [0.15, 0.2) is 0 Å². The molecule has 4 aromatic carbocycles. The number of thioether (sulfide) groups is 1. The predicted molar refractivity (Wildman–Crippen MR) is 187 cm³/mol. The highest BCUT2D eigenvalue weighted by molar-refractivity contribution is 8.01. The minimum absolute atomic E-state index is 0.00978. The molecular weight excluding hydrogens is 603 g/mol. The van der Waals surface area contributed by atoms with Gasteiger partial charge in [-0.3, -0.25) is 4.79 Å². The van der Waals surface area contributed by atoms with E-state index in [0.717, 1.165) is 37.8 Å². The standard InChI is InChI=1S/C38H42Cl2N2OS/c1-3-27(2)36(37(43)42-26-29-14-13-21-34(39)35(29)40)41-25-28-22-23-33(24-28)44-38(30-15-7-4-8-16-30,31-17-9-5-10-18-31)32-19-11-6-12-20-32/h4-21,27-28,33,36,41H,3,22-26H2,1-2H3,(H,42,43)/t27-,28-,33+,36-/m0/s1. The van der Waals surface area contributed by atoms with Crippen molar-refractivity contribution in [3.05, 3.63) is 141 Å². The van der Waals surface area contributed by atoms with E-state index in [-0.39, 0.29) is 22.6 Å². The van der Waals surface area contributed by atoms with Gasteiger partial charge in [-0.25, -0.2) is 0 Å². The summed E-state index contributed by atoms with van der Waals surface area (Å²) in [5.74, 6) is 0.725. The second-order valence-electron chi connectivity index (χ2n) is 11.9. The second-order valence-corrected chi connectivity index (χ2v) is 14.2. The Balaban J connectivity index is 1.29. The van der Waals surface area contributed by atoms with Crippen LogP contribution in [0.15, 0.2) is 109 Å². The molecule has 0 spiro atoms. The zero-order valence-corrected chi connectivity index (χ0v) is 27.8. The molecule has 6 heteroatoms. The molecule has 1 fully saturated rings. The van der Waals surface area contributed by atoms with Crippen molar-refractivity contribution in [1.29, 1.82) is 0 Å². The van der Waals surface area contributed by atoms with Crippen LogP contribution in [0, 0.1) is 11.8 Å². The summed E-state index contributed by atoms with van der Waals surface area (Å²) < 4.78 is -0.308. The zero-order valence-electron chi connectivity index (χ0n) is 25.5. The molecule has 2 N–H and O–H groups in total. The van der Waals surface area contributed by atoms with E-state index in [0.29, 0.717) is 27.8 Å². The van der Waals surface area contributed by atoms with Crippen LogP contribution in [-0.4, -0.2) is 23.7 Å². The van der Waals surface area contributed by atoms with Crippen LogP contribution in [0.1, 0.15) is 61.8 Å². The van der Waals surface area contributed by atoms with E-state index in [1.54, 1.807) is 6.07 Å². The number of nitrogens with one attached hydrogen (secondary N) is 2. The first-order chi connectivity index (χ1) is 21.4. The lowest BCUT2D eigenvalue weighted by atomic mass is 9.84. The Bertz CT molecular complexity index is 1390. The summed E-state index contributed by atoms with van der Waals surface area (Å²) in [7, 11) is 0. The van der Waals surface area contributed by atoms with Crippen LogP contribution in [0.5, 0.6) is 0 Å². The average Bonchev–Trinajstić information content (AvgIpc) is 3.52. The summed E-state index contributed by atoms with van der Waals surface area (Å²) in [5.41, 5.74) is 4.73. The van der Waals surface area contributed by atoms with Crippen LogP contribution in [-0.2, 0) is 16.1 Å². The van der Waals surface area contributed by atoms with Crippen LogP contribution < -0.4 is 10.6 Å². The van der Waals surface area contributed by atoms with E-state index in [9.17, 15) is 4.79 Å². The summed E-state index contributed by atoms with van der Waals surface area (Å²) in [6.07, 6.45) is 4.32. The quantitative estimate of drug-likeness (QED) is 0.142. The van der Waals surface area contributed by atoms with Crippen molar-refractivity contribution in [1.82, 2.24) is 10.6 Å². The lowest BCUT2D eigenvalue weighted by Gasteiger charge is -2.37. The molecule has 0 aromatic heterocycles. The maximum Gasteiger partial charge on any atom is 0.237 e. The van der Waals surface area contributed by atoms with Gasteiger partial charge in [0, 0.05) is 11.8 Å². The Morgan fingerprint density at radius 3 is 1.95 bits per heavy atom. The molecule has 4 atom stereocenters. The fraction of sp³-hybridized carbons (Fsp3) is 0.342. The van der Waals surface area contributed by atoms with E-state index in [4.69, 9.17) is 23.2 Å². The van der Waals surface area contributed by atoms with Crippen LogP contribution >= 0.6 is 35.0 Å². The van der Waals surface area contributed by atoms with Crippen molar-refractivity contribution < 1.29 is 4.79 Å². The molecule has 0 aliphatic heterocycles. The monoisotopic (exact) mass is 644 g/mol. The maximum absolute atomic E-state index is 13.4. The lowest BCUT2D eigenvalue weighted by Crippen LogP contribution is -2.49.